The predicted octanol–water partition coefficient (Wildman–Crippen LogP) is 3.60. The van der Waals surface area contributed by atoms with E-state index in [9.17, 15) is 0 Å². The summed E-state index contributed by atoms with van der Waals surface area (Å²) in [7, 11) is 3.62. The first kappa shape index (κ1) is 15.4. The summed E-state index contributed by atoms with van der Waals surface area (Å²) in [6.45, 7) is 2.77. The molecular formula is C18H23NO2. The quantitative estimate of drug-likeness (QED) is 0.843. The van der Waals surface area contributed by atoms with Crippen LogP contribution < -0.4 is 14.8 Å². The molecule has 2 rings (SSSR count). The van der Waals surface area contributed by atoms with Gasteiger partial charge in [-0.25, -0.2) is 0 Å². The molecule has 0 amide bonds. The van der Waals surface area contributed by atoms with Crippen LogP contribution in [-0.2, 0) is 6.42 Å². The number of rotatable bonds is 7. The summed E-state index contributed by atoms with van der Waals surface area (Å²) in [5.74, 6) is 1.70. The molecule has 21 heavy (non-hydrogen) atoms. The van der Waals surface area contributed by atoms with Gasteiger partial charge in [0.05, 0.1) is 13.7 Å². The van der Waals surface area contributed by atoms with E-state index in [4.69, 9.17) is 9.47 Å². The molecule has 0 aliphatic carbocycles. The third-order valence-electron chi connectivity index (χ3n) is 3.61. The highest BCUT2D eigenvalue weighted by Crippen LogP contribution is 2.29. The van der Waals surface area contributed by atoms with Crippen molar-refractivity contribution in [2.24, 2.45) is 0 Å². The Labute approximate surface area is 126 Å². The van der Waals surface area contributed by atoms with Crippen molar-refractivity contribution in [2.45, 2.75) is 19.4 Å². The Balaban J connectivity index is 2.06. The van der Waals surface area contributed by atoms with Crippen molar-refractivity contribution in [3.05, 3.63) is 59.7 Å². The van der Waals surface area contributed by atoms with Crippen molar-refractivity contribution < 1.29 is 9.47 Å². The smallest absolute Gasteiger partial charge is 0.127 e. The molecule has 112 valence electrons. The first-order valence-corrected chi connectivity index (χ1v) is 7.26. The van der Waals surface area contributed by atoms with Crippen LogP contribution in [0.2, 0.25) is 0 Å². The van der Waals surface area contributed by atoms with Gasteiger partial charge in [-0.1, -0.05) is 36.4 Å². The second-order valence-electron chi connectivity index (χ2n) is 5.00. The van der Waals surface area contributed by atoms with Crippen molar-refractivity contribution in [3.8, 4) is 11.5 Å². The van der Waals surface area contributed by atoms with E-state index in [1.807, 2.05) is 25.2 Å². The average molecular weight is 285 g/mol. The predicted molar refractivity (Wildman–Crippen MR) is 86.1 cm³/mol. The minimum atomic E-state index is 0.239. The Morgan fingerprint density at radius 2 is 1.86 bits per heavy atom. The molecule has 2 aromatic carbocycles. The largest absolute Gasteiger partial charge is 0.497 e. The molecule has 0 aliphatic heterocycles. The minimum absolute atomic E-state index is 0.239. The molecule has 3 nitrogen and oxygen atoms in total. The van der Waals surface area contributed by atoms with Crippen molar-refractivity contribution in [3.63, 3.8) is 0 Å². The fraction of sp³-hybridized carbons (Fsp3) is 0.333. The highest BCUT2D eigenvalue weighted by Gasteiger charge is 2.11. The zero-order valence-corrected chi connectivity index (χ0v) is 12.9. The van der Waals surface area contributed by atoms with Gasteiger partial charge in [-0.05, 0) is 25.6 Å². The molecule has 3 heteroatoms. The highest BCUT2D eigenvalue weighted by molar-refractivity contribution is 5.42. The molecule has 0 saturated heterocycles. The monoisotopic (exact) mass is 285 g/mol. The Morgan fingerprint density at radius 3 is 2.52 bits per heavy atom. The molecular weight excluding hydrogens is 262 g/mol. The maximum absolute atomic E-state index is 5.99. The summed E-state index contributed by atoms with van der Waals surface area (Å²) >= 11 is 0. The number of methoxy groups -OCH3 is 1. The third kappa shape index (κ3) is 4.23. The number of hydrogen-bond acceptors (Lipinski definition) is 3. The van der Waals surface area contributed by atoms with Gasteiger partial charge >= 0.3 is 0 Å². The Morgan fingerprint density at radius 1 is 1.10 bits per heavy atom. The molecule has 1 atom stereocenters. The van der Waals surface area contributed by atoms with Crippen molar-refractivity contribution >= 4 is 0 Å². The van der Waals surface area contributed by atoms with Gasteiger partial charge in [0.25, 0.3) is 0 Å². The van der Waals surface area contributed by atoms with Gasteiger partial charge in [0, 0.05) is 24.1 Å². The molecule has 0 aromatic heterocycles. The van der Waals surface area contributed by atoms with Crippen LogP contribution in [0, 0.1) is 0 Å². The molecule has 0 bridgehead atoms. The minimum Gasteiger partial charge on any atom is -0.497 e. The van der Waals surface area contributed by atoms with Crippen molar-refractivity contribution in [2.75, 3.05) is 20.8 Å². The van der Waals surface area contributed by atoms with Gasteiger partial charge in [0.2, 0.25) is 0 Å². The first-order valence-electron chi connectivity index (χ1n) is 7.26. The molecule has 2 aromatic rings. The van der Waals surface area contributed by atoms with Crippen LogP contribution in [0.25, 0.3) is 0 Å². The van der Waals surface area contributed by atoms with E-state index in [2.05, 4.69) is 42.6 Å². The van der Waals surface area contributed by atoms with Crippen LogP contribution in [-0.4, -0.2) is 20.8 Å². The summed E-state index contributed by atoms with van der Waals surface area (Å²) in [6.07, 6.45) is 0.894. The summed E-state index contributed by atoms with van der Waals surface area (Å²) in [5, 5.41) is 3.25. The topological polar surface area (TPSA) is 30.5 Å². The van der Waals surface area contributed by atoms with Gasteiger partial charge in [0.1, 0.15) is 11.5 Å². The van der Waals surface area contributed by atoms with Crippen LogP contribution in [0.3, 0.4) is 0 Å². The average Bonchev–Trinajstić information content (AvgIpc) is 2.55. The van der Waals surface area contributed by atoms with Crippen LogP contribution in [0.4, 0.5) is 0 Å². The fourth-order valence-corrected chi connectivity index (χ4v) is 2.20. The van der Waals surface area contributed by atoms with Gasteiger partial charge < -0.3 is 14.8 Å². The van der Waals surface area contributed by atoms with Crippen LogP contribution >= 0.6 is 0 Å². The summed E-state index contributed by atoms with van der Waals surface area (Å²) in [5.41, 5.74) is 2.43. The molecule has 1 N–H and O–H groups in total. The van der Waals surface area contributed by atoms with E-state index in [0.29, 0.717) is 6.61 Å². The second-order valence-corrected chi connectivity index (χ2v) is 5.00. The van der Waals surface area contributed by atoms with E-state index in [1.165, 1.54) is 5.56 Å². The number of benzene rings is 2. The lowest BCUT2D eigenvalue weighted by Crippen LogP contribution is -2.14. The maximum atomic E-state index is 5.99. The lowest BCUT2D eigenvalue weighted by molar-refractivity contribution is 0.312. The van der Waals surface area contributed by atoms with Crippen LogP contribution in [0.1, 0.15) is 24.1 Å². The molecule has 0 saturated carbocycles. The van der Waals surface area contributed by atoms with Gasteiger partial charge in [-0.3, -0.25) is 0 Å². The Bertz CT molecular complexity index is 554. The fourth-order valence-electron chi connectivity index (χ4n) is 2.20. The number of ether oxygens (including phenoxy) is 2. The second kappa shape index (κ2) is 7.70. The number of nitrogens with one attached hydrogen (secondary N) is 1. The van der Waals surface area contributed by atoms with Gasteiger partial charge in [-0.2, -0.15) is 0 Å². The molecule has 0 heterocycles. The lowest BCUT2D eigenvalue weighted by Gasteiger charge is -2.17. The normalized spacial score (nSPS) is 12.0. The van der Waals surface area contributed by atoms with E-state index in [0.717, 1.165) is 23.5 Å². The zero-order valence-electron chi connectivity index (χ0n) is 12.9. The molecule has 0 fully saturated rings. The standard InChI is InChI=1S/C18H23NO2/c1-14(19-2)17-10-9-16(20-3)13-18(17)21-12-11-15-7-5-4-6-8-15/h4-10,13-14,19H,11-12H2,1-3H3. The van der Waals surface area contributed by atoms with E-state index >= 15 is 0 Å². The van der Waals surface area contributed by atoms with E-state index < -0.39 is 0 Å². The SMILES string of the molecule is CNC(C)c1ccc(OC)cc1OCCc1ccccc1. The lowest BCUT2D eigenvalue weighted by atomic mass is 10.1. The van der Waals surface area contributed by atoms with Crippen LogP contribution in [0.5, 0.6) is 11.5 Å². The summed E-state index contributed by atoms with van der Waals surface area (Å²) < 4.78 is 11.3. The van der Waals surface area contributed by atoms with Crippen molar-refractivity contribution in [1.82, 2.24) is 5.32 Å². The van der Waals surface area contributed by atoms with E-state index in [-0.39, 0.29) is 6.04 Å². The number of hydrogen-bond donors (Lipinski definition) is 1. The zero-order chi connectivity index (χ0) is 15.1. The molecule has 1 unspecified atom stereocenters. The molecule has 0 radical (unpaired) electrons. The third-order valence-corrected chi connectivity index (χ3v) is 3.61. The highest BCUT2D eigenvalue weighted by atomic mass is 16.5. The van der Waals surface area contributed by atoms with Gasteiger partial charge in [-0.15, -0.1) is 0 Å². The molecule has 0 spiro atoms. The molecule has 0 aliphatic rings. The maximum Gasteiger partial charge on any atom is 0.127 e. The summed E-state index contributed by atoms with van der Waals surface area (Å²) in [6, 6.07) is 16.6. The Kier molecular flexibility index (Phi) is 5.64. The Hall–Kier alpha value is -2.00. The summed E-state index contributed by atoms with van der Waals surface area (Å²) in [4.78, 5) is 0. The van der Waals surface area contributed by atoms with Crippen molar-refractivity contribution in [1.29, 1.82) is 0 Å². The van der Waals surface area contributed by atoms with Crippen LogP contribution in [0.15, 0.2) is 48.5 Å². The van der Waals surface area contributed by atoms with E-state index in [1.54, 1.807) is 7.11 Å². The van der Waals surface area contributed by atoms with Gasteiger partial charge in [0.15, 0.2) is 0 Å². The first-order chi connectivity index (χ1) is 10.2.